The summed E-state index contributed by atoms with van der Waals surface area (Å²) in [6, 6.07) is 11.2. The van der Waals surface area contributed by atoms with E-state index in [0.717, 1.165) is 6.26 Å². The van der Waals surface area contributed by atoms with Crippen molar-refractivity contribution in [1.29, 1.82) is 0 Å². The lowest BCUT2D eigenvalue weighted by atomic mass is 10.1. The van der Waals surface area contributed by atoms with E-state index in [4.69, 9.17) is 23.2 Å². The minimum absolute atomic E-state index is 0.0539. The third-order valence-corrected chi connectivity index (χ3v) is 4.42. The van der Waals surface area contributed by atoms with Crippen LogP contribution in [0.5, 0.6) is 0 Å². The van der Waals surface area contributed by atoms with E-state index in [2.05, 4.69) is 5.32 Å². The van der Waals surface area contributed by atoms with Gasteiger partial charge in [0.2, 0.25) is 0 Å². The number of amides is 1. The molecule has 0 aliphatic carbocycles. The third kappa shape index (κ3) is 4.73. The van der Waals surface area contributed by atoms with Gasteiger partial charge < -0.3 is 5.32 Å². The van der Waals surface area contributed by atoms with Crippen molar-refractivity contribution in [2.75, 3.05) is 11.6 Å². The molecule has 0 aliphatic rings. The number of anilines is 1. The minimum Gasteiger partial charge on any atom is -0.322 e. The molecule has 2 rings (SSSR count). The Balaban J connectivity index is 2.11. The summed E-state index contributed by atoms with van der Waals surface area (Å²) in [6.45, 7) is 0. The number of halogens is 2. The van der Waals surface area contributed by atoms with E-state index < -0.39 is 9.84 Å². The van der Waals surface area contributed by atoms with Gasteiger partial charge in [0, 0.05) is 17.5 Å². The number of sulfone groups is 1. The van der Waals surface area contributed by atoms with Gasteiger partial charge in [-0.3, -0.25) is 4.79 Å². The van der Waals surface area contributed by atoms with Gasteiger partial charge in [0.15, 0.2) is 9.84 Å². The average molecular weight is 358 g/mol. The number of rotatable bonds is 4. The molecule has 0 atom stereocenters. The van der Waals surface area contributed by atoms with Crippen LogP contribution in [-0.2, 0) is 15.6 Å². The first-order valence-corrected chi connectivity index (χ1v) is 9.09. The quantitative estimate of drug-likeness (QED) is 0.905. The van der Waals surface area contributed by atoms with E-state index in [0.29, 0.717) is 26.9 Å². The van der Waals surface area contributed by atoms with Gasteiger partial charge in [-0.25, -0.2) is 8.42 Å². The first-order chi connectivity index (χ1) is 10.2. The fourth-order valence-corrected chi connectivity index (χ4v) is 2.93. The molecule has 0 spiro atoms. The Morgan fingerprint density at radius 1 is 1.05 bits per heavy atom. The molecular weight excluding hydrogens is 345 g/mol. The molecule has 1 amide bonds. The predicted molar refractivity (Wildman–Crippen MR) is 89.4 cm³/mol. The van der Waals surface area contributed by atoms with Crippen LogP contribution in [0.2, 0.25) is 10.0 Å². The molecule has 7 heteroatoms. The Kier molecular flexibility index (Phi) is 5.11. The SMILES string of the molecule is CS(=O)(=O)Cc1ccc(C(=O)Nc2ccc(Cl)c(Cl)c2)cc1. The zero-order valence-corrected chi connectivity index (χ0v) is 14.0. The van der Waals surface area contributed by atoms with Crippen LogP contribution in [0.4, 0.5) is 5.69 Å². The molecule has 1 N–H and O–H groups in total. The first-order valence-electron chi connectivity index (χ1n) is 6.28. The summed E-state index contributed by atoms with van der Waals surface area (Å²) in [4.78, 5) is 12.1. The summed E-state index contributed by atoms with van der Waals surface area (Å²) >= 11 is 11.7. The Morgan fingerprint density at radius 2 is 1.68 bits per heavy atom. The van der Waals surface area contributed by atoms with Crippen LogP contribution in [0.15, 0.2) is 42.5 Å². The summed E-state index contributed by atoms with van der Waals surface area (Å²) in [5, 5.41) is 3.45. The van der Waals surface area contributed by atoms with Gasteiger partial charge in [-0.1, -0.05) is 35.3 Å². The molecule has 116 valence electrons. The van der Waals surface area contributed by atoms with Gasteiger partial charge in [-0.15, -0.1) is 0 Å². The lowest BCUT2D eigenvalue weighted by molar-refractivity contribution is 0.102. The maximum absolute atomic E-state index is 12.1. The molecule has 0 heterocycles. The molecule has 0 saturated carbocycles. The molecule has 0 aliphatic heterocycles. The van der Waals surface area contributed by atoms with Crippen LogP contribution in [0.1, 0.15) is 15.9 Å². The van der Waals surface area contributed by atoms with Gasteiger partial charge in [-0.05, 0) is 35.9 Å². The Bertz CT molecular complexity index is 802. The van der Waals surface area contributed by atoms with Crippen molar-refractivity contribution in [3.8, 4) is 0 Å². The van der Waals surface area contributed by atoms with Gasteiger partial charge in [0.05, 0.1) is 15.8 Å². The largest absolute Gasteiger partial charge is 0.322 e. The molecule has 2 aromatic carbocycles. The molecule has 0 aromatic heterocycles. The van der Waals surface area contributed by atoms with Crippen LogP contribution in [0, 0.1) is 0 Å². The Morgan fingerprint density at radius 3 is 2.23 bits per heavy atom. The van der Waals surface area contributed by atoms with Crippen LogP contribution in [0.3, 0.4) is 0 Å². The first kappa shape index (κ1) is 16.8. The summed E-state index contributed by atoms with van der Waals surface area (Å²) in [7, 11) is -3.10. The Labute approximate surface area is 139 Å². The number of benzene rings is 2. The number of carbonyl (C=O) groups is 1. The third-order valence-electron chi connectivity index (χ3n) is 2.82. The van der Waals surface area contributed by atoms with E-state index in [1.54, 1.807) is 42.5 Å². The van der Waals surface area contributed by atoms with Crippen LogP contribution < -0.4 is 5.32 Å². The second kappa shape index (κ2) is 6.69. The molecule has 0 radical (unpaired) electrons. The summed E-state index contributed by atoms with van der Waals surface area (Å²) in [6.07, 6.45) is 1.16. The van der Waals surface area contributed by atoms with Gasteiger partial charge >= 0.3 is 0 Å². The lowest BCUT2D eigenvalue weighted by Crippen LogP contribution is -2.12. The average Bonchev–Trinajstić information content (AvgIpc) is 2.42. The van der Waals surface area contributed by atoms with E-state index in [1.807, 2.05) is 0 Å². The molecule has 0 bridgehead atoms. The summed E-state index contributed by atoms with van der Waals surface area (Å²) < 4.78 is 22.4. The highest BCUT2D eigenvalue weighted by Crippen LogP contribution is 2.25. The summed E-state index contributed by atoms with van der Waals surface area (Å²) in [5.41, 5.74) is 1.58. The number of carbonyl (C=O) groups excluding carboxylic acids is 1. The molecule has 0 saturated heterocycles. The number of nitrogens with one attached hydrogen (secondary N) is 1. The highest BCUT2D eigenvalue weighted by atomic mass is 35.5. The van der Waals surface area contributed by atoms with Gasteiger partial charge in [0.25, 0.3) is 5.91 Å². The minimum atomic E-state index is -3.10. The monoisotopic (exact) mass is 357 g/mol. The fourth-order valence-electron chi connectivity index (χ4n) is 1.83. The van der Waals surface area contributed by atoms with Gasteiger partial charge in [0.1, 0.15) is 0 Å². The van der Waals surface area contributed by atoms with E-state index in [-0.39, 0.29) is 11.7 Å². The maximum Gasteiger partial charge on any atom is 0.255 e. The molecule has 4 nitrogen and oxygen atoms in total. The summed E-state index contributed by atoms with van der Waals surface area (Å²) in [5.74, 6) is -0.369. The van der Waals surface area contributed by atoms with E-state index >= 15 is 0 Å². The zero-order chi connectivity index (χ0) is 16.3. The van der Waals surface area contributed by atoms with Crippen molar-refractivity contribution < 1.29 is 13.2 Å². The second-order valence-electron chi connectivity index (χ2n) is 4.85. The van der Waals surface area contributed by atoms with Crippen molar-refractivity contribution in [1.82, 2.24) is 0 Å². The molecule has 0 fully saturated rings. The van der Waals surface area contributed by atoms with E-state index in [9.17, 15) is 13.2 Å². The zero-order valence-electron chi connectivity index (χ0n) is 11.6. The Hall–Kier alpha value is -1.56. The van der Waals surface area contributed by atoms with E-state index in [1.165, 1.54) is 0 Å². The second-order valence-corrected chi connectivity index (χ2v) is 7.80. The van der Waals surface area contributed by atoms with Crippen molar-refractivity contribution >= 4 is 44.6 Å². The number of hydrogen-bond acceptors (Lipinski definition) is 3. The highest BCUT2D eigenvalue weighted by Gasteiger charge is 2.09. The highest BCUT2D eigenvalue weighted by molar-refractivity contribution is 7.89. The molecule has 22 heavy (non-hydrogen) atoms. The van der Waals surface area contributed by atoms with Crippen molar-refractivity contribution in [2.45, 2.75) is 5.75 Å². The van der Waals surface area contributed by atoms with Crippen LogP contribution >= 0.6 is 23.2 Å². The van der Waals surface area contributed by atoms with Gasteiger partial charge in [-0.2, -0.15) is 0 Å². The van der Waals surface area contributed by atoms with Crippen LogP contribution in [0.25, 0.3) is 0 Å². The maximum atomic E-state index is 12.1. The normalized spacial score (nSPS) is 11.2. The molecular formula is C15H13Cl2NO3S. The van der Waals surface area contributed by atoms with Crippen molar-refractivity contribution in [2.24, 2.45) is 0 Å². The fraction of sp³-hybridized carbons (Fsp3) is 0.133. The lowest BCUT2D eigenvalue weighted by Gasteiger charge is -2.07. The molecule has 0 unspecified atom stereocenters. The topological polar surface area (TPSA) is 63.2 Å². The standard InChI is InChI=1S/C15H13Cl2NO3S/c1-22(20,21)9-10-2-4-11(5-3-10)15(19)18-12-6-7-13(16)14(17)8-12/h2-8H,9H2,1H3,(H,18,19). The van der Waals surface area contributed by atoms with Crippen molar-refractivity contribution in [3.63, 3.8) is 0 Å². The predicted octanol–water partition coefficient (Wildman–Crippen LogP) is 3.79. The number of hydrogen-bond donors (Lipinski definition) is 1. The van der Waals surface area contributed by atoms with Crippen LogP contribution in [-0.4, -0.2) is 20.6 Å². The smallest absolute Gasteiger partial charge is 0.255 e. The van der Waals surface area contributed by atoms with Crippen molar-refractivity contribution in [3.05, 3.63) is 63.6 Å². The molecule has 2 aromatic rings.